The van der Waals surface area contributed by atoms with Crippen LogP contribution in [0, 0.1) is 12.7 Å². The fourth-order valence-electron chi connectivity index (χ4n) is 3.52. The molecule has 1 aliphatic rings. The highest BCUT2D eigenvalue weighted by Gasteiger charge is 2.22. The number of ether oxygens (including phenoxy) is 2. The van der Waals surface area contributed by atoms with Gasteiger partial charge in [-0.25, -0.2) is 9.37 Å². The van der Waals surface area contributed by atoms with Crippen molar-refractivity contribution in [1.82, 2.24) is 14.9 Å². The van der Waals surface area contributed by atoms with Crippen LogP contribution in [0.1, 0.15) is 23.8 Å². The molecule has 1 atom stereocenters. The average Bonchev–Trinajstić information content (AvgIpc) is 2.80. The number of aromatic nitrogens is 2. The summed E-state index contributed by atoms with van der Waals surface area (Å²) in [6.07, 6.45) is 4.44. The molecule has 1 saturated heterocycles. The molecule has 4 rings (SSSR count). The molecular weight excluding hydrogens is 395 g/mol. The molecule has 1 fully saturated rings. The third-order valence-electron chi connectivity index (χ3n) is 5.24. The first kappa shape index (κ1) is 21.2. The monoisotopic (exact) mass is 422 g/mol. The van der Waals surface area contributed by atoms with E-state index in [1.165, 1.54) is 12.1 Å². The van der Waals surface area contributed by atoms with E-state index in [1.807, 2.05) is 37.4 Å². The average molecular weight is 423 g/mol. The lowest BCUT2D eigenvalue weighted by Gasteiger charge is -2.32. The normalized spacial score (nSPS) is 16.8. The van der Waals surface area contributed by atoms with Crippen LogP contribution < -0.4 is 10.1 Å². The lowest BCUT2D eigenvalue weighted by Crippen LogP contribution is -2.39. The Hall–Kier alpha value is -3.03. The van der Waals surface area contributed by atoms with Gasteiger partial charge in [0, 0.05) is 25.8 Å². The predicted molar refractivity (Wildman–Crippen MR) is 118 cm³/mol. The molecule has 3 heterocycles. The number of rotatable bonds is 8. The van der Waals surface area contributed by atoms with Crippen molar-refractivity contribution >= 4 is 11.5 Å². The number of nitrogens with one attached hydrogen (secondary N) is 1. The summed E-state index contributed by atoms with van der Waals surface area (Å²) in [6.45, 7) is 5.91. The molecule has 162 valence electrons. The summed E-state index contributed by atoms with van der Waals surface area (Å²) in [6, 6.07) is 14.1. The molecule has 1 aliphatic heterocycles. The number of pyridine rings is 2. The van der Waals surface area contributed by atoms with Crippen LogP contribution in [0.15, 0.2) is 60.9 Å². The van der Waals surface area contributed by atoms with E-state index in [4.69, 9.17) is 9.47 Å². The van der Waals surface area contributed by atoms with Gasteiger partial charge in [0.15, 0.2) is 0 Å². The van der Waals surface area contributed by atoms with Gasteiger partial charge in [-0.3, -0.25) is 9.88 Å². The molecule has 3 aromatic rings. The Kier molecular flexibility index (Phi) is 7.07. The first-order valence-corrected chi connectivity index (χ1v) is 10.5. The topological polar surface area (TPSA) is 59.5 Å². The van der Waals surface area contributed by atoms with Gasteiger partial charge in [-0.2, -0.15) is 0 Å². The summed E-state index contributed by atoms with van der Waals surface area (Å²) >= 11 is 0. The van der Waals surface area contributed by atoms with Crippen molar-refractivity contribution < 1.29 is 13.9 Å². The van der Waals surface area contributed by atoms with Crippen molar-refractivity contribution in [2.45, 2.75) is 19.4 Å². The minimum atomic E-state index is -0.254. The summed E-state index contributed by atoms with van der Waals surface area (Å²) in [5.41, 5.74) is 2.91. The van der Waals surface area contributed by atoms with Crippen LogP contribution in [0.4, 0.5) is 15.9 Å². The van der Waals surface area contributed by atoms with E-state index in [0.717, 1.165) is 48.8 Å². The molecule has 1 aromatic carbocycles. The number of anilines is 2. The second-order valence-corrected chi connectivity index (χ2v) is 7.58. The molecule has 0 amide bonds. The van der Waals surface area contributed by atoms with Gasteiger partial charge in [-0.15, -0.1) is 0 Å². The van der Waals surface area contributed by atoms with Crippen LogP contribution in [-0.4, -0.2) is 47.7 Å². The van der Waals surface area contributed by atoms with E-state index in [2.05, 4.69) is 20.2 Å². The smallest absolute Gasteiger partial charge is 0.133 e. The maximum Gasteiger partial charge on any atom is 0.133 e. The van der Waals surface area contributed by atoms with E-state index in [-0.39, 0.29) is 11.9 Å². The van der Waals surface area contributed by atoms with Gasteiger partial charge in [0.1, 0.15) is 23.5 Å². The number of hydrogen-bond acceptors (Lipinski definition) is 6. The van der Waals surface area contributed by atoms with Crippen molar-refractivity contribution in [3.63, 3.8) is 0 Å². The zero-order valence-corrected chi connectivity index (χ0v) is 17.6. The first-order valence-electron chi connectivity index (χ1n) is 10.5. The van der Waals surface area contributed by atoms with Crippen LogP contribution in [0.25, 0.3) is 0 Å². The second-order valence-electron chi connectivity index (χ2n) is 7.58. The zero-order valence-electron chi connectivity index (χ0n) is 17.6. The van der Waals surface area contributed by atoms with Crippen LogP contribution >= 0.6 is 0 Å². The highest BCUT2D eigenvalue weighted by molar-refractivity contribution is 5.57. The maximum atomic E-state index is 12.9. The fourth-order valence-corrected chi connectivity index (χ4v) is 3.52. The summed E-state index contributed by atoms with van der Waals surface area (Å²) in [4.78, 5) is 11.3. The number of morpholine rings is 1. The lowest BCUT2D eigenvalue weighted by molar-refractivity contribution is -0.0330. The van der Waals surface area contributed by atoms with Crippen LogP contribution in [0.3, 0.4) is 0 Å². The summed E-state index contributed by atoms with van der Waals surface area (Å²) in [7, 11) is 0. The van der Waals surface area contributed by atoms with Crippen molar-refractivity contribution in [2.24, 2.45) is 0 Å². The molecule has 1 unspecified atom stereocenters. The number of hydrogen-bond donors (Lipinski definition) is 1. The quantitative estimate of drug-likeness (QED) is 0.539. The van der Waals surface area contributed by atoms with Crippen LogP contribution in [0.5, 0.6) is 5.75 Å². The predicted octanol–water partition coefficient (Wildman–Crippen LogP) is 4.51. The highest BCUT2D eigenvalue weighted by atomic mass is 19.1. The van der Waals surface area contributed by atoms with Crippen molar-refractivity contribution in [1.29, 1.82) is 0 Å². The minimum absolute atomic E-state index is 0.0441. The van der Waals surface area contributed by atoms with Crippen LogP contribution in [-0.2, 0) is 4.74 Å². The lowest BCUT2D eigenvalue weighted by atomic mass is 10.1. The summed E-state index contributed by atoms with van der Waals surface area (Å²) < 4.78 is 24.6. The minimum Gasteiger partial charge on any atom is -0.494 e. The van der Waals surface area contributed by atoms with E-state index >= 15 is 0 Å². The number of halogens is 1. The van der Waals surface area contributed by atoms with Gasteiger partial charge in [-0.1, -0.05) is 6.07 Å². The second kappa shape index (κ2) is 10.3. The van der Waals surface area contributed by atoms with Crippen molar-refractivity contribution in [3.05, 3.63) is 78.0 Å². The Morgan fingerprint density at radius 1 is 1.16 bits per heavy atom. The van der Waals surface area contributed by atoms with Gasteiger partial charge < -0.3 is 14.8 Å². The molecule has 6 nitrogen and oxygen atoms in total. The van der Waals surface area contributed by atoms with Crippen LogP contribution in [0.2, 0.25) is 0 Å². The zero-order chi connectivity index (χ0) is 21.5. The molecule has 0 bridgehead atoms. The highest BCUT2D eigenvalue weighted by Crippen LogP contribution is 2.23. The Labute approximate surface area is 182 Å². The van der Waals surface area contributed by atoms with E-state index in [1.54, 1.807) is 18.3 Å². The Balaban J connectivity index is 1.25. The van der Waals surface area contributed by atoms with Gasteiger partial charge in [0.2, 0.25) is 0 Å². The third-order valence-corrected chi connectivity index (χ3v) is 5.24. The van der Waals surface area contributed by atoms with Gasteiger partial charge in [0.25, 0.3) is 0 Å². The van der Waals surface area contributed by atoms with Crippen molar-refractivity contribution in [3.8, 4) is 5.75 Å². The van der Waals surface area contributed by atoms with E-state index in [0.29, 0.717) is 19.0 Å². The molecule has 2 aromatic heterocycles. The molecule has 0 spiro atoms. The molecular formula is C24H27FN4O2. The molecule has 0 saturated carbocycles. The van der Waals surface area contributed by atoms with Crippen molar-refractivity contribution in [2.75, 3.05) is 38.2 Å². The number of benzene rings is 1. The fraction of sp³-hybridized carbons (Fsp3) is 0.333. The molecule has 0 radical (unpaired) electrons. The summed E-state index contributed by atoms with van der Waals surface area (Å²) in [5, 5.41) is 3.30. The standard InChI is InChI=1S/C24H27FN4O2/c1-18-4-2-11-26-24(18)28-20-7-10-22(27-16-20)23-17-29(13-15-31-23)12-3-14-30-21-8-5-19(25)6-9-21/h2,4-11,16,23H,3,12-15,17H2,1H3,(H,26,28). The molecule has 0 aliphatic carbocycles. The number of aryl methyl sites for hydroxylation is 1. The SMILES string of the molecule is Cc1cccnc1Nc1ccc(C2CN(CCCOc3ccc(F)cc3)CCO2)nc1. The Bertz CT molecular complexity index is 966. The first-order chi connectivity index (χ1) is 15.2. The number of nitrogens with zero attached hydrogens (tertiary/aromatic N) is 3. The summed E-state index contributed by atoms with van der Waals surface area (Å²) in [5.74, 6) is 1.27. The maximum absolute atomic E-state index is 12.9. The molecule has 7 heteroatoms. The van der Waals surface area contributed by atoms with E-state index in [9.17, 15) is 4.39 Å². The van der Waals surface area contributed by atoms with Gasteiger partial charge in [0.05, 0.1) is 30.8 Å². The third kappa shape index (κ3) is 5.99. The Morgan fingerprint density at radius 3 is 2.81 bits per heavy atom. The van der Waals surface area contributed by atoms with Gasteiger partial charge in [-0.05, 0) is 61.4 Å². The molecule has 1 N–H and O–H groups in total. The van der Waals surface area contributed by atoms with Gasteiger partial charge >= 0.3 is 0 Å². The Morgan fingerprint density at radius 2 is 2.03 bits per heavy atom. The van der Waals surface area contributed by atoms with E-state index < -0.39 is 0 Å². The molecule has 31 heavy (non-hydrogen) atoms. The largest absolute Gasteiger partial charge is 0.494 e.